The Morgan fingerprint density at radius 3 is 2.29 bits per heavy atom. The van der Waals surface area contributed by atoms with E-state index in [-0.39, 0.29) is 0 Å². The number of hydrogen-bond donors (Lipinski definition) is 1. The molecule has 1 aromatic carbocycles. The van der Waals surface area contributed by atoms with Crippen molar-refractivity contribution in [1.82, 2.24) is 9.38 Å². The number of para-hydroxylation sites is 1. The normalized spacial score (nSPS) is 11.1. The first-order valence-electron chi connectivity index (χ1n) is 7.27. The predicted molar refractivity (Wildman–Crippen MR) is 88.6 cm³/mol. The summed E-state index contributed by atoms with van der Waals surface area (Å²) in [5.41, 5.74) is 8.11. The molecule has 1 N–H and O–H groups in total. The van der Waals surface area contributed by atoms with Crippen molar-refractivity contribution in [3.05, 3.63) is 58.4 Å². The minimum Gasteiger partial charge on any atom is -0.339 e. The van der Waals surface area contributed by atoms with Crippen molar-refractivity contribution in [2.45, 2.75) is 34.6 Å². The van der Waals surface area contributed by atoms with Gasteiger partial charge in [-0.15, -0.1) is 0 Å². The number of nitrogens with zero attached hydrogens (tertiary/aromatic N) is 2. The van der Waals surface area contributed by atoms with Crippen LogP contribution in [0.4, 0.5) is 11.5 Å². The standard InChI is InChI=1S/C18H21N3/c1-11-9-14(4)21-16(10-11)19-15(5)18(21)20-17-12(2)7-6-8-13(17)3/h6-10,20H,1-5H3. The molecular formula is C18H21N3. The number of anilines is 2. The lowest BCUT2D eigenvalue weighted by Crippen LogP contribution is -2.02. The van der Waals surface area contributed by atoms with Crippen LogP contribution < -0.4 is 5.32 Å². The van der Waals surface area contributed by atoms with Crippen molar-refractivity contribution in [3.8, 4) is 0 Å². The maximum Gasteiger partial charge on any atom is 0.139 e. The van der Waals surface area contributed by atoms with Crippen molar-refractivity contribution in [1.29, 1.82) is 0 Å². The fourth-order valence-corrected chi connectivity index (χ4v) is 2.92. The Balaban J connectivity index is 2.19. The lowest BCUT2D eigenvalue weighted by atomic mass is 10.1. The number of fused-ring (bicyclic) bond motifs is 1. The molecular weight excluding hydrogens is 258 g/mol. The van der Waals surface area contributed by atoms with E-state index < -0.39 is 0 Å². The summed E-state index contributed by atoms with van der Waals surface area (Å²) in [7, 11) is 0. The Labute approximate surface area is 125 Å². The summed E-state index contributed by atoms with van der Waals surface area (Å²) in [5.74, 6) is 1.06. The number of aryl methyl sites for hydroxylation is 5. The van der Waals surface area contributed by atoms with Crippen LogP contribution in [-0.2, 0) is 0 Å². The summed E-state index contributed by atoms with van der Waals surface area (Å²) >= 11 is 0. The van der Waals surface area contributed by atoms with E-state index in [1.54, 1.807) is 0 Å². The summed E-state index contributed by atoms with van der Waals surface area (Å²) in [6.45, 7) is 10.5. The first kappa shape index (κ1) is 13.7. The summed E-state index contributed by atoms with van der Waals surface area (Å²) < 4.78 is 2.19. The van der Waals surface area contributed by atoms with Gasteiger partial charge in [0.25, 0.3) is 0 Å². The fraction of sp³-hybridized carbons (Fsp3) is 0.278. The molecule has 0 saturated carbocycles. The fourth-order valence-electron chi connectivity index (χ4n) is 2.92. The van der Waals surface area contributed by atoms with E-state index in [1.807, 2.05) is 0 Å². The Morgan fingerprint density at radius 2 is 1.62 bits per heavy atom. The summed E-state index contributed by atoms with van der Waals surface area (Å²) in [5, 5.41) is 3.59. The third-order valence-electron chi connectivity index (χ3n) is 3.95. The molecule has 108 valence electrons. The monoisotopic (exact) mass is 279 g/mol. The number of aromatic nitrogens is 2. The van der Waals surface area contributed by atoms with Gasteiger partial charge in [0.2, 0.25) is 0 Å². The smallest absolute Gasteiger partial charge is 0.139 e. The second-order valence-corrected chi connectivity index (χ2v) is 5.81. The summed E-state index contributed by atoms with van der Waals surface area (Å²) in [4.78, 5) is 4.69. The minimum absolute atomic E-state index is 0.999. The zero-order valence-corrected chi connectivity index (χ0v) is 13.3. The lowest BCUT2D eigenvalue weighted by molar-refractivity contribution is 1.08. The predicted octanol–water partition coefficient (Wildman–Crippen LogP) is 4.62. The van der Waals surface area contributed by atoms with Crippen molar-refractivity contribution in [3.63, 3.8) is 0 Å². The maximum absolute atomic E-state index is 4.69. The molecule has 0 aliphatic heterocycles. The largest absolute Gasteiger partial charge is 0.339 e. The Bertz CT molecular complexity index is 808. The molecule has 2 heterocycles. The molecule has 0 radical (unpaired) electrons. The Morgan fingerprint density at radius 1 is 0.952 bits per heavy atom. The molecule has 2 aromatic heterocycles. The van der Waals surface area contributed by atoms with Gasteiger partial charge in [0.05, 0.1) is 5.69 Å². The van der Waals surface area contributed by atoms with Crippen LogP contribution >= 0.6 is 0 Å². The number of benzene rings is 1. The van der Waals surface area contributed by atoms with Gasteiger partial charge in [0.1, 0.15) is 11.5 Å². The highest BCUT2D eigenvalue weighted by Gasteiger charge is 2.13. The number of pyridine rings is 1. The van der Waals surface area contributed by atoms with Crippen molar-refractivity contribution >= 4 is 17.2 Å². The first-order valence-corrected chi connectivity index (χ1v) is 7.27. The van der Waals surface area contributed by atoms with Crippen LogP contribution in [0.3, 0.4) is 0 Å². The lowest BCUT2D eigenvalue weighted by Gasteiger charge is -2.14. The van der Waals surface area contributed by atoms with E-state index in [9.17, 15) is 0 Å². The van der Waals surface area contributed by atoms with Crippen LogP contribution in [0.5, 0.6) is 0 Å². The molecule has 21 heavy (non-hydrogen) atoms. The number of hydrogen-bond acceptors (Lipinski definition) is 2. The van der Waals surface area contributed by atoms with Crippen LogP contribution in [0.1, 0.15) is 28.1 Å². The van der Waals surface area contributed by atoms with Crippen LogP contribution in [-0.4, -0.2) is 9.38 Å². The second-order valence-electron chi connectivity index (χ2n) is 5.81. The van der Waals surface area contributed by atoms with Crippen LogP contribution in [0.15, 0.2) is 30.3 Å². The van der Waals surface area contributed by atoms with Crippen molar-refractivity contribution < 1.29 is 0 Å². The molecule has 0 aliphatic rings. The van der Waals surface area contributed by atoms with E-state index in [0.29, 0.717) is 0 Å². The van der Waals surface area contributed by atoms with Gasteiger partial charge in [-0.25, -0.2) is 4.98 Å². The van der Waals surface area contributed by atoms with Crippen LogP contribution in [0.25, 0.3) is 5.65 Å². The van der Waals surface area contributed by atoms with E-state index in [0.717, 1.165) is 17.2 Å². The number of rotatable bonds is 2. The molecule has 0 unspecified atom stereocenters. The maximum atomic E-state index is 4.69. The van der Waals surface area contributed by atoms with Crippen LogP contribution in [0.2, 0.25) is 0 Å². The third-order valence-corrected chi connectivity index (χ3v) is 3.95. The van der Waals surface area contributed by atoms with Gasteiger partial charge in [-0.3, -0.25) is 4.40 Å². The molecule has 0 spiro atoms. The first-order chi connectivity index (χ1) is 9.97. The molecule has 3 nitrogen and oxygen atoms in total. The molecule has 0 saturated heterocycles. The highest BCUT2D eigenvalue weighted by molar-refractivity contribution is 5.69. The third kappa shape index (κ3) is 2.29. The van der Waals surface area contributed by atoms with Crippen LogP contribution in [0, 0.1) is 34.6 Å². The highest BCUT2D eigenvalue weighted by atomic mass is 15.1. The average molecular weight is 279 g/mol. The molecule has 0 aliphatic carbocycles. The van der Waals surface area contributed by atoms with Gasteiger partial charge in [-0.05, 0) is 63.4 Å². The summed E-state index contributed by atoms with van der Waals surface area (Å²) in [6.07, 6.45) is 0. The Kier molecular flexibility index (Phi) is 3.20. The SMILES string of the molecule is Cc1cc(C)n2c(Nc3c(C)cccc3C)c(C)nc2c1. The molecule has 3 rings (SSSR count). The van der Waals surface area contributed by atoms with E-state index in [4.69, 9.17) is 4.98 Å². The second kappa shape index (κ2) is 4.92. The zero-order valence-electron chi connectivity index (χ0n) is 13.3. The molecule has 3 heteroatoms. The molecule has 0 bridgehead atoms. The van der Waals surface area contributed by atoms with Gasteiger partial charge < -0.3 is 5.32 Å². The van der Waals surface area contributed by atoms with Gasteiger partial charge in [-0.1, -0.05) is 18.2 Å². The average Bonchev–Trinajstić information content (AvgIpc) is 2.70. The quantitative estimate of drug-likeness (QED) is 0.741. The summed E-state index contributed by atoms with van der Waals surface area (Å²) in [6, 6.07) is 10.7. The van der Waals surface area contributed by atoms with Gasteiger partial charge in [0, 0.05) is 11.4 Å². The van der Waals surface area contributed by atoms with Gasteiger partial charge in [0.15, 0.2) is 0 Å². The number of imidazole rings is 1. The van der Waals surface area contributed by atoms with Crippen molar-refractivity contribution in [2.24, 2.45) is 0 Å². The number of nitrogens with one attached hydrogen (secondary N) is 1. The zero-order chi connectivity index (χ0) is 15.1. The van der Waals surface area contributed by atoms with E-state index in [1.165, 1.54) is 28.1 Å². The molecule has 0 fully saturated rings. The van der Waals surface area contributed by atoms with Gasteiger partial charge in [-0.2, -0.15) is 0 Å². The van der Waals surface area contributed by atoms with Gasteiger partial charge >= 0.3 is 0 Å². The van der Waals surface area contributed by atoms with E-state index >= 15 is 0 Å². The Hall–Kier alpha value is -2.29. The molecule has 0 amide bonds. The molecule has 0 atom stereocenters. The minimum atomic E-state index is 0.999. The van der Waals surface area contributed by atoms with Crippen molar-refractivity contribution in [2.75, 3.05) is 5.32 Å². The topological polar surface area (TPSA) is 29.3 Å². The van der Waals surface area contributed by atoms with E-state index in [2.05, 4.69) is 74.7 Å². The molecule has 3 aromatic rings. The highest BCUT2D eigenvalue weighted by Crippen LogP contribution is 2.28.